The van der Waals surface area contributed by atoms with Gasteiger partial charge in [-0.15, -0.1) is 0 Å². The Morgan fingerprint density at radius 3 is 2.38 bits per heavy atom. The van der Waals surface area contributed by atoms with Crippen molar-refractivity contribution >= 4 is 15.7 Å². The van der Waals surface area contributed by atoms with Crippen molar-refractivity contribution in [3.63, 3.8) is 0 Å². The highest BCUT2D eigenvalue weighted by atomic mass is 32.2. The molecule has 21 heavy (non-hydrogen) atoms. The van der Waals surface area contributed by atoms with E-state index in [0.717, 1.165) is 25.9 Å². The van der Waals surface area contributed by atoms with Crippen molar-refractivity contribution in [3.05, 3.63) is 0 Å². The summed E-state index contributed by atoms with van der Waals surface area (Å²) in [4.78, 5) is 14.2. The van der Waals surface area contributed by atoms with Crippen LogP contribution in [0, 0.1) is 11.3 Å². The van der Waals surface area contributed by atoms with E-state index in [1.54, 1.807) is 0 Å². The minimum absolute atomic E-state index is 0.0944. The molecule has 0 aromatic carbocycles. The zero-order chi connectivity index (χ0) is 15.7. The van der Waals surface area contributed by atoms with Crippen molar-refractivity contribution in [3.8, 4) is 0 Å². The molecule has 0 spiro atoms. The maximum absolute atomic E-state index is 12.3. The molecular weight excluding hydrogens is 288 g/mol. The summed E-state index contributed by atoms with van der Waals surface area (Å²) in [5.74, 6) is 1.04. The van der Waals surface area contributed by atoms with Crippen LogP contribution < -0.4 is 5.32 Å². The maximum Gasteiger partial charge on any atom is 0.224 e. The smallest absolute Gasteiger partial charge is 0.224 e. The standard InChI is InChI=1S/C15H28N2O3S/c1-15(2,3)12-4-7-17(8-5-12)14(18)10-13-11-21(19,20)9-6-16-13/h12-13,16H,4-11H2,1-3H3. The van der Waals surface area contributed by atoms with Gasteiger partial charge in [-0.25, -0.2) is 8.42 Å². The summed E-state index contributed by atoms with van der Waals surface area (Å²) >= 11 is 0. The van der Waals surface area contributed by atoms with Gasteiger partial charge in [-0.1, -0.05) is 20.8 Å². The van der Waals surface area contributed by atoms with E-state index in [1.807, 2.05) is 4.90 Å². The molecule has 2 aliphatic rings. The number of amides is 1. The number of hydrogen-bond acceptors (Lipinski definition) is 4. The fourth-order valence-electron chi connectivity index (χ4n) is 3.33. The van der Waals surface area contributed by atoms with E-state index >= 15 is 0 Å². The van der Waals surface area contributed by atoms with Crippen molar-refractivity contribution in [2.75, 3.05) is 31.1 Å². The first-order valence-electron chi connectivity index (χ1n) is 7.89. The van der Waals surface area contributed by atoms with E-state index in [4.69, 9.17) is 0 Å². The quantitative estimate of drug-likeness (QED) is 0.827. The molecule has 2 aliphatic heterocycles. The van der Waals surface area contributed by atoms with Gasteiger partial charge in [0.2, 0.25) is 5.91 Å². The molecule has 1 unspecified atom stereocenters. The predicted octanol–water partition coefficient (Wildman–Crippen LogP) is 1.05. The summed E-state index contributed by atoms with van der Waals surface area (Å²) in [6, 6.07) is -0.211. The van der Waals surface area contributed by atoms with E-state index < -0.39 is 9.84 Å². The monoisotopic (exact) mass is 316 g/mol. The average molecular weight is 316 g/mol. The molecule has 5 nitrogen and oxygen atoms in total. The van der Waals surface area contributed by atoms with Crippen molar-refractivity contribution < 1.29 is 13.2 Å². The summed E-state index contributed by atoms with van der Waals surface area (Å²) in [5.41, 5.74) is 0.300. The molecule has 122 valence electrons. The minimum Gasteiger partial charge on any atom is -0.343 e. The summed E-state index contributed by atoms with van der Waals surface area (Å²) in [6.45, 7) is 8.84. The Morgan fingerprint density at radius 1 is 1.24 bits per heavy atom. The van der Waals surface area contributed by atoms with Crippen molar-refractivity contribution in [2.24, 2.45) is 11.3 Å². The summed E-state index contributed by atoms with van der Waals surface area (Å²) in [6.07, 6.45) is 2.40. The Morgan fingerprint density at radius 2 is 1.86 bits per heavy atom. The van der Waals surface area contributed by atoms with E-state index in [1.165, 1.54) is 0 Å². The second-order valence-electron chi connectivity index (χ2n) is 7.49. The first-order chi connectivity index (χ1) is 9.67. The molecule has 0 aromatic rings. The highest BCUT2D eigenvalue weighted by molar-refractivity contribution is 7.91. The van der Waals surface area contributed by atoms with Crippen LogP contribution in [0.1, 0.15) is 40.0 Å². The molecule has 2 heterocycles. The molecule has 0 radical (unpaired) electrons. The zero-order valence-corrected chi connectivity index (χ0v) is 14.2. The molecule has 1 N–H and O–H groups in total. The number of likely N-dealkylation sites (tertiary alicyclic amines) is 1. The first-order valence-corrected chi connectivity index (χ1v) is 9.71. The molecule has 1 atom stereocenters. The van der Waals surface area contributed by atoms with Gasteiger partial charge in [0, 0.05) is 32.1 Å². The van der Waals surface area contributed by atoms with E-state index in [2.05, 4.69) is 26.1 Å². The lowest BCUT2D eigenvalue weighted by Crippen LogP contribution is -2.49. The Labute approximate surface area is 128 Å². The zero-order valence-electron chi connectivity index (χ0n) is 13.4. The topological polar surface area (TPSA) is 66.5 Å². The molecule has 0 saturated carbocycles. The number of carbonyl (C=O) groups excluding carboxylic acids is 1. The van der Waals surface area contributed by atoms with Gasteiger partial charge < -0.3 is 10.2 Å². The van der Waals surface area contributed by atoms with Crippen LogP contribution in [0.25, 0.3) is 0 Å². The minimum atomic E-state index is -2.97. The molecule has 0 bridgehead atoms. The first kappa shape index (κ1) is 16.7. The Hall–Kier alpha value is -0.620. The van der Waals surface area contributed by atoms with Crippen LogP contribution in [0.5, 0.6) is 0 Å². The van der Waals surface area contributed by atoms with Crippen LogP contribution in [0.2, 0.25) is 0 Å². The van der Waals surface area contributed by atoms with Gasteiger partial charge in [-0.2, -0.15) is 0 Å². The lowest BCUT2D eigenvalue weighted by molar-refractivity contribution is -0.133. The second-order valence-corrected chi connectivity index (χ2v) is 9.72. The maximum atomic E-state index is 12.3. The number of carbonyl (C=O) groups is 1. The van der Waals surface area contributed by atoms with Gasteiger partial charge in [-0.3, -0.25) is 4.79 Å². The Kier molecular flexibility index (Phi) is 4.98. The molecule has 2 saturated heterocycles. The highest BCUT2D eigenvalue weighted by Gasteiger charge is 2.32. The van der Waals surface area contributed by atoms with Crippen molar-refractivity contribution in [1.82, 2.24) is 10.2 Å². The largest absolute Gasteiger partial charge is 0.343 e. The number of nitrogens with zero attached hydrogens (tertiary/aromatic N) is 1. The van der Waals surface area contributed by atoms with Gasteiger partial charge in [0.25, 0.3) is 0 Å². The van der Waals surface area contributed by atoms with Crippen LogP contribution in [0.4, 0.5) is 0 Å². The number of hydrogen-bond donors (Lipinski definition) is 1. The Bertz CT molecular complexity index is 474. The van der Waals surface area contributed by atoms with Crippen LogP contribution in [-0.2, 0) is 14.6 Å². The molecular formula is C15H28N2O3S. The summed E-state index contributed by atoms with van der Waals surface area (Å²) in [7, 11) is -2.97. The number of nitrogens with one attached hydrogen (secondary N) is 1. The lowest BCUT2D eigenvalue weighted by atomic mass is 9.75. The molecule has 0 aliphatic carbocycles. The van der Waals surface area contributed by atoms with Crippen molar-refractivity contribution in [1.29, 1.82) is 0 Å². The fraction of sp³-hybridized carbons (Fsp3) is 0.933. The van der Waals surface area contributed by atoms with Gasteiger partial charge in [0.05, 0.1) is 11.5 Å². The number of piperidine rings is 1. The SMILES string of the molecule is CC(C)(C)C1CCN(C(=O)CC2CS(=O)(=O)CCN2)CC1. The third kappa shape index (κ3) is 4.68. The second kappa shape index (κ2) is 6.24. The average Bonchev–Trinajstić information content (AvgIpc) is 2.36. The van der Waals surface area contributed by atoms with Gasteiger partial charge in [-0.05, 0) is 24.2 Å². The normalized spacial score (nSPS) is 27.6. The third-order valence-corrected chi connectivity index (χ3v) is 6.53. The van der Waals surface area contributed by atoms with Crippen LogP contribution in [0.15, 0.2) is 0 Å². The van der Waals surface area contributed by atoms with E-state index in [9.17, 15) is 13.2 Å². The number of rotatable bonds is 2. The van der Waals surface area contributed by atoms with Crippen molar-refractivity contribution in [2.45, 2.75) is 46.1 Å². The predicted molar refractivity (Wildman–Crippen MR) is 83.8 cm³/mol. The van der Waals surface area contributed by atoms with Gasteiger partial charge >= 0.3 is 0 Å². The van der Waals surface area contributed by atoms with Gasteiger partial charge in [0.1, 0.15) is 0 Å². The molecule has 2 fully saturated rings. The third-order valence-electron chi connectivity index (χ3n) is 4.79. The molecule has 2 rings (SSSR count). The number of sulfone groups is 1. The van der Waals surface area contributed by atoms with Crippen LogP contribution in [0.3, 0.4) is 0 Å². The van der Waals surface area contributed by atoms with Gasteiger partial charge in [0.15, 0.2) is 9.84 Å². The highest BCUT2D eigenvalue weighted by Crippen LogP contribution is 2.34. The molecule has 1 amide bonds. The molecule has 0 aromatic heterocycles. The lowest BCUT2D eigenvalue weighted by Gasteiger charge is -2.39. The summed E-state index contributed by atoms with van der Waals surface area (Å²) in [5, 5.41) is 3.15. The van der Waals surface area contributed by atoms with Crippen LogP contribution >= 0.6 is 0 Å². The molecule has 6 heteroatoms. The Balaban J connectivity index is 1.83. The van der Waals surface area contributed by atoms with E-state index in [0.29, 0.717) is 24.3 Å². The van der Waals surface area contributed by atoms with Crippen LogP contribution in [-0.4, -0.2) is 56.4 Å². The fourth-order valence-corrected chi connectivity index (χ4v) is 4.78. The summed E-state index contributed by atoms with van der Waals surface area (Å²) < 4.78 is 23.2. The van der Waals surface area contributed by atoms with E-state index in [-0.39, 0.29) is 23.5 Å².